The lowest BCUT2D eigenvalue weighted by Crippen LogP contribution is -2.31. The van der Waals surface area contributed by atoms with E-state index in [0.29, 0.717) is 33.3 Å². The lowest BCUT2D eigenvalue weighted by atomic mass is 10.0. The number of carbonyl (C=O) groups excluding carboxylic acids is 1. The van der Waals surface area contributed by atoms with Crippen LogP contribution in [0.3, 0.4) is 0 Å². The van der Waals surface area contributed by atoms with E-state index in [4.69, 9.17) is 11.6 Å². The standard InChI is InChI=1S/C24H23ClN4O2S/c1-14-4-6-16(7-5-14)21-15(2)32-24-22(21)23(31)27-19(28-24)12-29(3)13-20(30)26-18-10-8-17(25)9-11-18/h4-11H,12-13H2,1-3H3,(H,26,30)(H,27,28,31). The smallest absolute Gasteiger partial charge is 0.260 e. The summed E-state index contributed by atoms with van der Waals surface area (Å²) in [5.74, 6) is 0.368. The first-order chi connectivity index (χ1) is 15.3. The van der Waals surface area contributed by atoms with E-state index in [2.05, 4.69) is 15.3 Å². The third-order valence-electron chi connectivity index (χ3n) is 5.09. The van der Waals surface area contributed by atoms with Gasteiger partial charge >= 0.3 is 0 Å². The van der Waals surface area contributed by atoms with Crippen LogP contribution in [0.2, 0.25) is 5.02 Å². The summed E-state index contributed by atoms with van der Waals surface area (Å²) >= 11 is 7.38. The second-order valence-electron chi connectivity index (χ2n) is 7.82. The van der Waals surface area contributed by atoms with Crippen LogP contribution in [-0.2, 0) is 11.3 Å². The fourth-order valence-electron chi connectivity index (χ4n) is 3.60. The van der Waals surface area contributed by atoms with Gasteiger partial charge in [0.15, 0.2) is 0 Å². The number of hydrogen-bond donors (Lipinski definition) is 2. The summed E-state index contributed by atoms with van der Waals surface area (Å²) in [6, 6.07) is 15.1. The molecule has 2 heterocycles. The molecule has 4 aromatic rings. The number of aromatic amines is 1. The molecule has 0 aliphatic rings. The summed E-state index contributed by atoms with van der Waals surface area (Å²) in [7, 11) is 1.81. The third kappa shape index (κ3) is 4.91. The molecule has 0 aliphatic carbocycles. The highest BCUT2D eigenvalue weighted by molar-refractivity contribution is 7.19. The van der Waals surface area contributed by atoms with Crippen LogP contribution >= 0.6 is 22.9 Å². The van der Waals surface area contributed by atoms with E-state index in [0.717, 1.165) is 16.0 Å². The largest absolute Gasteiger partial charge is 0.325 e. The van der Waals surface area contributed by atoms with Crippen LogP contribution in [0, 0.1) is 13.8 Å². The highest BCUT2D eigenvalue weighted by atomic mass is 35.5. The minimum Gasteiger partial charge on any atom is -0.325 e. The first-order valence-corrected chi connectivity index (χ1v) is 11.3. The summed E-state index contributed by atoms with van der Waals surface area (Å²) in [5, 5.41) is 4.06. The van der Waals surface area contributed by atoms with Crippen molar-refractivity contribution >= 4 is 44.7 Å². The van der Waals surface area contributed by atoms with E-state index in [-0.39, 0.29) is 18.0 Å². The normalized spacial score (nSPS) is 11.3. The number of benzene rings is 2. The first-order valence-electron chi connectivity index (χ1n) is 10.1. The van der Waals surface area contributed by atoms with Gasteiger partial charge in [0.1, 0.15) is 10.7 Å². The molecule has 6 nitrogen and oxygen atoms in total. The number of aromatic nitrogens is 2. The van der Waals surface area contributed by atoms with Crippen LogP contribution in [0.4, 0.5) is 5.69 Å². The molecule has 2 aromatic heterocycles. The van der Waals surface area contributed by atoms with Gasteiger partial charge in [0.2, 0.25) is 5.91 Å². The lowest BCUT2D eigenvalue weighted by Gasteiger charge is -2.15. The number of thiophene rings is 1. The number of H-pyrrole nitrogens is 1. The molecule has 4 rings (SSSR count). The van der Waals surface area contributed by atoms with Gasteiger partial charge in [-0.2, -0.15) is 0 Å². The van der Waals surface area contributed by atoms with Gasteiger partial charge in [0, 0.05) is 21.2 Å². The molecule has 0 spiro atoms. The highest BCUT2D eigenvalue weighted by Gasteiger charge is 2.17. The second kappa shape index (κ2) is 9.24. The summed E-state index contributed by atoms with van der Waals surface area (Å²) in [4.78, 5) is 36.4. The Morgan fingerprint density at radius 2 is 1.81 bits per heavy atom. The summed E-state index contributed by atoms with van der Waals surface area (Å²) < 4.78 is 0. The number of halogens is 1. The lowest BCUT2D eigenvalue weighted by molar-refractivity contribution is -0.117. The van der Waals surface area contributed by atoms with Crippen molar-refractivity contribution in [2.75, 3.05) is 18.9 Å². The van der Waals surface area contributed by atoms with E-state index in [1.165, 1.54) is 16.9 Å². The van der Waals surface area contributed by atoms with Gasteiger partial charge in [-0.1, -0.05) is 41.4 Å². The van der Waals surface area contributed by atoms with Crippen LogP contribution in [-0.4, -0.2) is 34.4 Å². The molecule has 2 aromatic carbocycles. The van der Waals surface area contributed by atoms with Crippen LogP contribution in [0.15, 0.2) is 53.3 Å². The zero-order valence-electron chi connectivity index (χ0n) is 18.0. The Bertz CT molecular complexity index is 1330. The van der Waals surface area contributed by atoms with E-state index in [1.54, 1.807) is 29.2 Å². The third-order valence-corrected chi connectivity index (χ3v) is 6.34. The fourth-order valence-corrected chi connectivity index (χ4v) is 4.79. The maximum Gasteiger partial charge on any atom is 0.260 e. The van der Waals surface area contributed by atoms with E-state index >= 15 is 0 Å². The number of carbonyl (C=O) groups is 1. The highest BCUT2D eigenvalue weighted by Crippen LogP contribution is 2.35. The molecule has 0 radical (unpaired) electrons. The van der Waals surface area contributed by atoms with Crippen molar-refractivity contribution in [3.63, 3.8) is 0 Å². The number of amides is 1. The van der Waals surface area contributed by atoms with Crippen molar-refractivity contribution in [3.05, 3.63) is 80.2 Å². The van der Waals surface area contributed by atoms with Crippen LogP contribution in [0.25, 0.3) is 21.3 Å². The van der Waals surface area contributed by atoms with Crippen molar-refractivity contribution in [2.24, 2.45) is 0 Å². The van der Waals surface area contributed by atoms with Gasteiger partial charge < -0.3 is 10.3 Å². The number of fused-ring (bicyclic) bond motifs is 1. The average molecular weight is 467 g/mol. The molecule has 0 unspecified atom stereocenters. The molecule has 8 heteroatoms. The quantitative estimate of drug-likeness (QED) is 0.419. The molecular formula is C24H23ClN4O2S. The van der Waals surface area contributed by atoms with Gasteiger partial charge in [-0.25, -0.2) is 4.98 Å². The molecule has 1 amide bonds. The summed E-state index contributed by atoms with van der Waals surface area (Å²) in [5.41, 5.74) is 3.63. The Kier molecular flexibility index (Phi) is 6.41. The van der Waals surface area contributed by atoms with E-state index < -0.39 is 0 Å². The molecule has 164 valence electrons. The molecule has 0 atom stereocenters. The molecule has 0 bridgehead atoms. The van der Waals surface area contributed by atoms with Gasteiger partial charge in [-0.05, 0) is 50.7 Å². The summed E-state index contributed by atoms with van der Waals surface area (Å²) in [6.07, 6.45) is 0. The minimum absolute atomic E-state index is 0.155. The van der Waals surface area contributed by atoms with Crippen molar-refractivity contribution in [1.29, 1.82) is 0 Å². The van der Waals surface area contributed by atoms with Crippen molar-refractivity contribution in [2.45, 2.75) is 20.4 Å². The Labute approximate surface area is 194 Å². The molecule has 0 saturated heterocycles. The number of likely N-dealkylation sites (N-methyl/N-ethyl adjacent to an activating group) is 1. The number of anilines is 1. The Balaban J connectivity index is 1.51. The maximum absolute atomic E-state index is 12.9. The molecule has 0 aliphatic heterocycles. The first kappa shape index (κ1) is 22.2. The van der Waals surface area contributed by atoms with Gasteiger partial charge in [0.25, 0.3) is 5.56 Å². The van der Waals surface area contributed by atoms with Crippen LogP contribution < -0.4 is 10.9 Å². The molecule has 0 fully saturated rings. The predicted molar refractivity (Wildman–Crippen MR) is 132 cm³/mol. The minimum atomic E-state index is -0.163. The van der Waals surface area contributed by atoms with E-state index in [1.807, 2.05) is 45.2 Å². The maximum atomic E-state index is 12.9. The molecular weight excluding hydrogens is 444 g/mol. The van der Waals surface area contributed by atoms with Crippen molar-refractivity contribution < 1.29 is 4.79 Å². The predicted octanol–water partition coefficient (Wildman–Crippen LogP) is 4.99. The number of nitrogens with one attached hydrogen (secondary N) is 2. The van der Waals surface area contributed by atoms with Crippen LogP contribution in [0.1, 0.15) is 16.3 Å². The number of rotatable bonds is 6. The second-order valence-corrected chi connectivity index (χ2v) is 9.46. The molecule has 32 heavy (non-hydrogen) atoms. The number of aryl methyl sites for hydroxylation is 2. The average Bonchev–Trinajstić information content (AvgIpc) is 3.06. The topological polar surface area (TPSA) is 78.1 Å². The monoisotopic (exact) mass is 466 g/mol. The number of nitrogens with zero attached hydrogens (tertiary/aromatic N) is 2. The SMILES string of the molecule is Cc1ccc(-c2c(C)sc3nc(CN(C)CC(=O)Nc4ccc(Cl)cc4)[nH]c(=O)c23)cc1. The Morgan fingerprint density at radius 1 is 1.12 bits per heavy atom. The van der Waals surface area contributed by atoms with Gasteiger partial charge in [-0.15, -0.1) is 11.3 Å². The fraction of sp³-hybridized carbons (Fsp3) is 0.208. The summed E-state index contributed by atoms with van der Waals surface area (Å²) in [6.45, 7) is 4.54. The van der Waals surface area contributed by atoms with Crippen molar-refractivity contribution in [1.82, 2.24) is 14.9 Å². The van der Waals surface area contributed by atoms with Crippen LogP contribution in [0.5, 0.6) is 0 Å². The molecule has 0 saturated carbocycles. The van der Waals surface area contributed by atoms with E-state index in [9.17, 15) is 9.59 Å². The van der Waals surface area contributed by atoms with Gasteiger partial charge in [-0.3, -0.25) is 14.5 Å². The van der Waals surface area contributed by atoms with Gasteiger partial charge in [0.05, 0.1) is 18.5 Å². The zero-order valence-corrected chi connectivity index (χ0v) is 19.6. The van der Waals surface area contributed by atoms with Crippen molar-refractivity contribution in [3.8, 4) is 11.1 Å². The Morgan fingerprint density at radius 3 is 2.50 bits per heavy atom. The number of hydrogen-bond acceptors (Lipinski definition) is 5. The zero-order chi connectivity index (χ0) is 22.8. The molecule has 2 N–H and O–H groups in total. The Hall–Kier alpha value is -3.00.